The number of rotatable bonds is 5. The molecule has 128 valence electrons. The topological polar surface area (TPSA) is 144 Å². The fourth-order valence-electron chi connectivity index (χ4n) is 2.04. The molecule has 0 radical (unpaired) electrons. The van der Waals surface area contributed by atoms with Crippen molar-refractivity contribution in [3.8, 4) is 0 Å². The zero-order chi connectivity index (χ0) is 17.9. The van der Waals surface area contributed by atoms with E-state index in [0.717, 1.165) is 10.6 Å². The van der Waals surface area contributed by atoms with Crippen LogP contribution in [-0.2, 0) is 21.4 Å². The zero-order valence-corrected chi connectivity index (χ0v) is 13.5. The van der Waals surface area contributed by atoms with Crippen LogP contribution < -0.4 is 21.7 Å². The van der Waals surface area contributed by atoms with Gasteiger partial charge in [-0.05, 0) is 24.6 Å². The van der Waals surface area contributed by atoms with Crippen molar-refractivity contribution in [3.63, 3.8) is 0 Å². The van der Waals surface area contributed by atoms with E-state index < -0.39 is 33.2 Å². The second kappa shape index (κ2) is 6.81. The van der Waals surface area contributed by atoms with Gasteiger partial charge in [0.1, 0.15) is 6.54 Å². The van der Waals surface area contributed by atoms with Crippen LogP contribution >= 0.6 is 0 Å². The molecule has 0 aliphatic heterocycles. The van der Waals surface area contributed by atoms with Gasteiger partial charge in [0, 0.05) is 12.3 Å². The third kappa shape index (κ3) is 4.40. The van der Waals surface area contributed by atoms with E-state index in [-0.39, 0.29) is 11.4 Å². The van der Waals surface area contributed by atoms with E-state index in [9.17, 15) is 22.8 Å². The average molecular weight is 352 g/mol. The Hall–Kier alpha value is -2.72. The first-order valence-electron chi connectivity index (χ1n) is 6.89. The summed E-state index contributed by atoms with van der Waals surface area (Å²) in [5.41, 5.74) is -0.549. The summed E-state index contributed by atoms with van der Waals surface area (Å²) in [5, 5.41) is 7.69. The fourth-order valence-corrected chi connectivity index (χ4v) is 2.56. The number of amides is 1. The molecule has 1 amide bonds. The molecule has 0 fully saturated rings. The van der Waals surface area contributed by atoms with Crippen molar-refractivity contribution >= 4 is 15.9 Å². The molecular weight excluding hydrogens is 336 g/mol. The minimum absolute atomic E-state index is 0.0235. The molecule has 0 saturated carbocycles. The number of aromatic amines is 1. The summed E-state index contributed by atoms with van der Waals surface area (Å²) in [6, 6.07) is 6.50. The predicted octanol–water partition coefficient (Wildman–Crippen LogP) is -0.939. The fraction of sp³-hybridized carbons (Fsp3) is 0.214. The zero-order valence-electron chi connectivity index (χ0n) is 12.7. The van der Waals surface area contributed by atoms with Crippen molar-refractivity contribution in [1.29, 1.82) is 0 Å². The molecule has 2 aromatic rings. The summed E-state index contributed by atoms with van der Waals surface area (Å²) in [6.07, 6.45) is 1.23. The first-order valence-corrected chi connectivity index (χ1v) is 8.43. The molecule has 1 heterocycles. The molecule has 4 N–H and O–H groups in total. The van der Waals surface area contributed by atoms with Crippen molar-refractivity contribution in [2.45, 2.75) is 24.4 Å². The van der Waals surface area contributed by atoms with Crippen LogP contribution in [0.1, 0.15) is 18.5 Å². The summed E-state index contributed by atoms with van der Waals surface area (Å²) in [6.45, 7) is 1.45. The molecule has 1 atom stereocenters. The number of sulfonamides is 1. The Balaban J connectivity index is 2.06. The molecule has 1 unspecified atom stereocenters. The molecular formula is C14H16N4O5S. The van der Waals surface area contributed by atoms with Gasteiger partial charge in [0.05, 0.1) is 10.9 Å². The summed E-state index contributed by atoms with van der Waals surface area (Å²) in [7, 11) is -3.77. The number of nitrogens with zero attached hydrogens (tertiary/aromatic N) is 1. The Bertz CT molecular complexity index is 960. The Morgan fingerprint density at radius 2 is 1.88 bits per heavy atom. The maximum atomic E-state index is 12.0. The number of nitrogens with one attached hydrogen (secondary N) is 2. The Labute approximate surface area is 137 Å². The van der Waals surface area contributed by atoms with Crippen LogP contribution in [0.25, 0.3) is 0 Å². The number of nitrogens with two attached hydrogens (primary N) is 1. The lowest BCUT2D eigenvalue weighted by Gasteiger charge is -2.15. The minimum atomic E-state index is -3.77. The molecule has 1 aromatic heterocycles. The number of aromatic nitrogens is 2. The van der Waals surface area contributed by atoms with E-state index >= 15 is 0 Å². The standard InChI is InChI=1S/C14H16N4O5S/c1-9(10-2-4-11(5-3-10)24(15,22)23)16-13(20)8-18-7-6-12(19)17-14(18)21/h2-7,9H,8H2,1H3,(H,16,20)(H2,15,22,23)(H,17,19,21). The molecule has 2 rings (SSSR count). The molecule has 0 aliphatic rings. The normalized spacial score (nSPS) is 12.6. The number of hydrogen-bond donors (Lipinski definition) is 3. The van der Waals surface area contributed by atoms with E-state index in [1.807, 2.05) is 0 Å². The molecule has 0 bridgehead atoms. The smallest absolute Gasteiger partial charge is 0.328 e. The summed E-state index contributed by atoms with van der Waals surface area (Å²) in [5.74, 6) is -0.438. The predicted molar refractivity (Wildman–Crippen MR) is 85.7 cm³/mol. The van der Waals surface area contributed by atoms with Crippen LogP contribution in [0.2, 0.25) is 0 Å². The van der Waals surface area contributed by atoms with E-state index in [1.165, 1.54) is 30.5 Å². The molecule has 9 nitrogen and oxygen atoms in total. The average Bonchev–Trinajstić information content (AvgIpc) is 2.49. The number of carbonyl (C=O) groups excluding carboxylic acids is 1. The Morgan fingerprint density at radius 3 is 2.42 bits per heavy atom. The lowest BCUT2D eigenvalue weighted by molar-refractivity contribution is -0.122. The van der Waals surface area contributed by atoms with Gasteiger partial charge in [-0.3, -0.25) is 19.1 Å². The van der Waals surface area contributed by atoms with Crippen LogP contribution in [0, 0.1) is 0 Å². The molecule has 24 heavy (non-hydrogen) atoms. The summed E-state index contributed by atoms with van der Waals surface area (Å²) >= 11 is 0. The van der Waals surface area contributed by atoms with Crippen molar-refractivity contribution < 1.29 is 13.2 Å². The lowest BCUT2D eigenvalue weighted by atomic mass is 10.1. The van der Waals surface area contributed by atoms with Crippen LogP contribution in [0.3, 0.4) is 0 Å². The second-order valence-electron chi connectivity index (χ2n) is 5.14. The minimum Gasteiger partial charge on any atom is -0.348 e. The monoisotopic (exact) mass is 352 g/mol. The van der Waals surface area contributed by atoms with E-state index in [2.05, 4.69) is 10.3 Å². The van der Waals surface area contributed by atoms with Gasteiger partial charge in [-0.2, -0.15) is 0 Å². The number of carbonyl (C=O) groups is 1. The van der Waals surface area contributed by atoms with E-state index in [4.69, 9.17) is 5.14 Å². The maximum absolute atomic E-state index is 12.0. The molecule has 0 spiro atoms. The van der Waals surface area contributed by atoms with Gasteiger partial charge in [-0.1, -0.05) is 12.1 Å². The quantitative estimate of drug-likeness (QED) is 0.636. The first kappa shape index (κ1) is 17.6. The van der Waals surface area contributed by atoms with Crippen molar-refractivity contribution in [2.24, 2.45) is 5.14 Å². The van der Waals surface area contributed by atoms with Crippen LogP contribution in [-0.4, -0.2) is 23.9 Å². The van der Waals surface area contributed by atoms with Gasteiger partial charge in [-0.15, -0.1) is 0 Å². The Kier molecular flexibility index (Phi) is 5.00. The SMILES string of the molecule is CC(NC(=O)Cn1ccc(=O)[nH]c1=O)c1ccc(S(N)(=O)=O)cc1. The Morgan fingerprint density at radius 1 is 1.25 bits per heavy atom. The summed E-state index contributed by atoms with van der Waals surface area (Å²) < 4.78 is 23.5. The summed E-state index contributed by atoms with van der Waals surface area (Å²) in [4.78, 5) is 36.5. The van der Waals surface area contributed by atoms with Crippen LogP contribution in [0.15, 0.2) is 51.0 Å². The first-order chi connectivity index (χ1) is 11.2. The van der Waals surface area contributed by atoms with Gasteiger partial charge >= 0.3 is 5.69 Å². The molecule has 0 aliphatic carbocycles. The van der Waals surface area contributed by atoms with E-state index in [1.54, 1.807) is 6.92 Å². The molecule has 0 saturated heterocycles. The highest BCUT2D eigenvalue weighted by molar-refractivity contribution is 7.89. The van der Waals surface area contributed by atoms with Crippen molar-refractivity contribution in [3.05, 3.63) is 62.9 Å². The number of benzene rings is 1. The second-order valence-corrected chi connectivity index (χ2v) is 6.70. The molecule has 1 aromatic carbocycles. The highest BCUT2D eigenvalue weighted by Crippen LogP contribution is 2.15. The van der Waals surface area contributed by atoms with E-state index in [0.29, 0.717) is 5.56 Å². The van der Waals surface area contributed by atoms with Crippen LogP contribution in [0.4, 0.5) is 0 Å². The number of H-pyrrole nitrogens is 1. The van der Waals surface area contributed by atoms with Gasteiger partial charge in [0.2, 0.25) is 15.9 Å². The number of primary sulfonamides is 1. The molecule has 10 heteroatoms. The van der Waals surface area contributed by atoms with Gasteiger partial charge in [-0.25, -0.2) is 18.4 Å². The maximum Gasteiger partial charge on any atom is 0.328 e. The lowest BCUT2D eigenvalue weighted by Crippen LogP contribution is -2.36. The number of hydrogen-bond acceptors (Lipinski definition) is 5. The third-order valence-corrected chi connectivity index (χ3v) is 4.23. The van der Waals surface area contributed by atoms with Crippen molar-refractivity contribution in [2.75, 3.05) is 0 Å². The highest BCUT2D eigenvalue weighted by atomic mass is 32.2. The largest absolute Gasteiger partial charge is 0.348 e. The van der Waals surface area contributed by atoms with Crippen molar-refractivity contribution in [1.82, 2.24) is 14.9 Å². The highest BCUT2D eigenvalue weighted by Gasteiger charge is 2.13. The van der Waals surface area contributed by atoms with Gasteiger partial charge in [0.15, 0.2) is 0 Å². The van der Waals surface area contributed by atoms with Crippen LogP contribution in [0.5, 0.6) is 0 Å². The van der Waals surface area contributed by atoms with Gasteiger partial charge < -0.3 is 5.32 Å². The third-order valence-electron chi connectivity index (χ3n) is 3.30. The van der Waals surface area contributed by atoms with Gasteiger partial charge in [0.25, 0.3) is 5.56 Å².